The van der Waals surface area contributed by atoms with Crippen molar-refractivity contribution in [2.45, 2.75) is 0 Å². The van der Waals surface area contributed by atoms with Gasteiger partial charge in [-0.05, 0) is 31.3 Å². The summed E-state index contributed by atoms with van der Waals surface area (Å²) >= 11 is 0. The number of fused-ring (bicyclic) bond motifs is 1. The molecule has 0 amide bonds. The summed E-state index contributed by atoms with van der Waals surface area (Å²) in [7, 11) is 5.45. The zero-order valence-electron chi connectivity index (χ0n) is 18.5. The van der Waals surface area contributed by atoms with Crippen molar-refractivity contribution in [1.29, 1.82) is 0 Å². The summed E-state index contributed by atoms with van der Waals surface area (Å²) in [5.41, 5.74) is 4.46. The largest absolute Gasteiger partial charge is 0.497 e. The zero-order valence-corrected chi connectivity index (χ0v) is 18.5. The quantitative estimate of drug-likeness (QED) is 0.482. The number of hydrogen-bond donors (Lipinski definition) is 0. The van der Waals surface area contributed by atoms with Gasteiger partial charge in [0.2, 0.25) is 0 Å². The summed E-state index contributed by atoms with van der Waals surface area (Å²) in [4.78, 5) is 18.5. The molecule has 4 heterocycles. The van der Waals surface area contributed by atoms with Crippen LogP contribution in [0.5, 0.6) is 11.5 Å². The number of hydrogen-bond acceptors (Lipinski definition) is 7. The van der Waals surface area contributed by atoms with Gasteiger partial charge >= 0.3 is 0 Å². The van der Waals surface area contributed by atoms with E-state index in [9.17, 15) is 0 Å². The minimum Gasteiger partial charge on any atom is -0.497 e. The van der Waals surface area contributed by atoms with Crippen molar-refractivity contribution < 1.29 is 9.47 Å². The molecule has 32 heavy (non-hydrogen) atoms. The molecule has 1 aliphatic heterocycles. The van der Waals surface area contributed by atoms with Crippen LogP contribution in [0.1, 0.15) is 0 Å². The molecule has 8 heteroatoms. The molecular weight excluding hydrogens is 404 g/mol. The first kappa shape index (κ1) is 20.3. The van der Waals surface area contributed by atoms with Gasteiger partial charge in [0, 0.05) is 55.8 Å². The molecule has 0 bridgehead atoms. The summed E-state index contributed by atoms with van der Waals surface area (Å²) in [5, 5.41) is 0. The number of methoxy groups -OCH3 is 2. The fourth-order valence-corrected chi connectivity index (χ4v) is 3.97. The van der Waals surface area contributed by atoms with Crippen molar-refractivity contribution in [3.8, 4) is 34.0 Å². The highest BCUT2D eigenvalue weighted by molar-refractivity contribution is 5.69. The molecule has 0 saturated carbocycles. The third kappa shape index (κ3) is 3.85. The number of pyridine rings is 1. The van der Waals surface area contributed by atoms with Crippen LogP contribution in [-0.4, -0.2) is 71.7 Å². The van der Waals surface area contributed by atoms with Crippen LogP contribution in [0, 0.1) is 0 Å². The predicted octanol–water partition coefficient (Wildman–Crippen LogP) is 3.23. The van der Waals surface area contributed by atoms with E-state index in [2.05, 4.69) is 38.9 Å². The topological polar surface area (TPSA) is 68.0 Å². The SMILES string of the molecule is COc1cc(OC)cc(-c2cnc3cnc(-c4ccc(N5CCN(C)CC5)nc4)cn23)c1. The van der Waals surface area contributed by atoms with Crippen LogP contribution in [0.4, 0.5) is 5.82 Å². The Hall–Kier alpha value is -3.65. The highest BCUT2D eigenvalue weighted by Gasteiger charge is 2.16. The summed E-state index contributed by atoms with van der Waals surface area (Å²) in [5.74, 6) is 2.47. The number of aromatic nitrogens is 4. The number of nitrogens with zero attached hydrogens (tertiary/aromatic N) is 6. The van der Waals surface area contributed by atoms with Crippen LogP contribution >= 0.6 is 0 Å². The Labute approximate surface area is 187 Å². The number of piperazine rings is 1. The van der Waals surface area contributed by atoms with Crippen molar-refractivity contribution in [3.05, 3.63) is 55.1 Å². The molecule has 0 atom stereocenters. The normalized spacial score (nSPS) is 14.7. The molecule has 0 N–H and O–H groups in total. The van der Waals surface area contributed by atoms with Gasteiger partial charge in [0.15, 0.2) is 5.65 Å². The Bertz CT molecular complexity index is 1210. The molecular formula is C24H26N6O2. The molecule has 5 rings (SSSR count). The molecule has 0 unspecified atom stereocenters. The fraction of sp³-hybridized carbons (Fsp3) is 0.292. The number of rotatable bonds is 5. The van der Waals surface area contributed by atoms with E-state index in [1.165, 1.54) is 0 Å². The van der Waals surface area contributed by atoms with E-state index in [1.807, 2.05) is 41.2 Å². The second-order valence-electron chi connectivity index (χ2n) is 7.94. The van der Waals surface area contributed by atoms with Crippen LogP contribution in [-0.2, 0) is 0 Å². The van der Waals surface area contributed by atoms with E-state index in [4.69, 9.17) is 14.5 Å². The van der Waals surface area contributed by atoms with E-state index in [-0.39, 0.29) is 0 Å². The van der Waals surface area contributed by atoms with Gasteiger partial charge in [-0.1, -0.05) is 0 Å². The van der Waals surface area contributed by atoms with Gasteiger partial charge in [0.25, 0.3) is 0 Å². The second kappa shape index (κ2) is 8.47. The van der Waals surface area contributed by atoms with E-state index < -0.39 is 0 Å². The number of ether oxygens (including phenoxy) is 2. The van der Waals surface area contributed by atoms with Gasteiger partial charge in [0.1, 0.15) is 17.3 Å². The fourth-order valence-electron chi connectivity index (χ4n) is 3.97. The first-order valence-electron chi connectivity index (χ1n) is 10.6. The first-order valence-corrected chi connectivity index (χ1v) is 10.6. The standard InChI is InChI=1S/C24H26N6O2/c1-28-6-8-29(9-7-28)23-5-4-17(13-26-23)21-16-30-22(14-27-24(30)15-25-21)18-10-19(31-2)12-20(11-18)32-3/h4-5,10-16H,6-9H2,1-3H3. The lowest BCUT2D eigenvalue weighted by molar-refractivity contribution is 0.312. The van der Waals surface area contributed by atoms with Crippen molar-refractivity contribution in [1.82, 2.24) is 24.3 Å². The lowest BCUT2D eigenvalue weighted by Crippen LogP contribution is -2.44. The molecule has 3 aromatic heterocycles. The minimum atomic E-state index is 0.729. The van der Waals surface area contributed by atoms with Crippen LogP contribution in [0.3, 0.4) is 0 Å². The molecule has 0 spiro atoms. The maximum absolute atomic E-state index is 5.43. The molecule has 1 aliphatic rings. The molecule has 164 valence electrons. The van der Waals surface area contributed by atoms with Crippen LogP contribution in [0.2, 0.25) is 0 Å². The highest BCUT2D eigenvalue weighted by atomic mass is 16.5. The van der Waals surface area contributed by atoms with E-state index in [0.29, 0.717) is 0 Å². The van der Waals surface area contributed by atoms with Gasteiger partial charge in [-0.2, -0.15) is 0 Å². The molecule has 0 radical (unpaired) electrons. The van der Waals surface area contributed by atoms with E-state index in [0.717, 1.165) is 71.7 Å². The van der Waals surface area contributed by atoms with Crippen molar-refractivity contribution in [3.63, 3.8) is 0 Å². The van der Waals surface area contributed by atoms with Crippen molar-refractivity contribution in [2.75, 3.05) is 52.3 Å². The van der Waals surface area contributed by atoms with Crippen LogP contribution in [0.15, 0.2) is 55.1 Å². The van der Waals surface area contributed by atoms with Crippen LogP contribution < -0.4 is 14.4 Å². The Kier molecular flexibility index (Phi) is 5.36. The van der Waals surface area contributed by atoms with E-state index >= 15 is 0 Å². The van der Waals surface area contributed by atoms with Gasteiger partial charge in [-0.3, -0.25) is 9.38 Å². The first-order chi connectivity index (χ1) is 15.6. The zero-order chi connectivity index (χ0) is 22.1. The molecule has 0 aliphatic carbocycles. The molecule has 1 aromatic carbocycles. The molecule has 4 aromatic rings. The molecule has 1 fully saturated rings. The molecule has 1 saturated heterocycles. The maximum atomic E-state index is 5.43. The maximum Gasteiger partial charge on any atom is 0.155 e. The summed E-state index contributed by atoms with van der Waals surface area (Å²) in [6.45, 7) is 4.10. The average molecular weight is 431 g/mol. The van der Waals surface area contributed by atoms with Crippen molar-refractivity contribution in [2.24, 2.45) is 0 Å². The third-order valence-corrected chi connectivity index (χ3v) is 5.91. The Balaban J connectivity index is 1.48. The van der Waals surface area contributed by atoms with Gasteiger partial charge in [-0.15, -0.1) is 0 Å². The summed E-state index contributed by atoms with van der Waals surface area (Å²) < 4.78 is 12.9. The lowest BCUT2D eigenvalue weighted by atomic mass is 10.1. The number of imidazole rings is 1. The Morgan fingerprint density at radius 1 is 0.781 bits per heavy atom. The summed E-state index contributed by atoms with van der Waals surface area (Å²) in [6.07, 6.45) is 7.51. The predicted molar refractivity (Wildman–Crippen MR) is 124 cm³/mol. The van der Waals surface area contributed by atoms with Crippen molar-refractivity contribution >= 4 is 11.5 Å². The van der Waals surface area contributed by atoms with Crippen LogP contribution in [0.25, 0.3) is 28.2 Å². The monoisotopic (exact) mass is 430 g/mol. The minimum absolute atomic E-state index is 0.729. The van der Waals surface area contributed by atoms with Gasteiger partial charge < -0.3 is 19.3 Å². The van der Waals surface area contributed by atoms with Gasteiger partial charge in [-0.25, -0.2) is 9.97 Å². The number of likely N-dealkylation sites (N-methyl/N-ethyl adjacent to an activating group) is 1. The van der Waals surface area contributed by atoms with E-state index in [1.54, 1.807) is 20.4 Å². The number of benzene rings is 1. The average Bonchev–Trinajstić information content (AvgIpc) is 3.27. The Morgan fingerprint density at radius 3 is 2.19 bits per heavy atom. The highest BCUT2D eigenvalue weighted by Crippen LogP contribution is 2.31. The molecule has 8 nitrogen and oxygen atoms in total. The van der Waals surface area contributed by atoms with Gasteiger partial charge in [0.05, 0.1) is 38.0 Å². The lowest BCUT2D eigenvalue weighted by Gasteiger charge is -2.33. The second-order valence-corrected chi connectivity index (χ2v) is 7.94. The summed E-state index contributed by atoms with van der Waals surface area (Å²) in [6, 6.07) is 9.96. The Morgan fingerprint density at radius 2 is 1.53 bits per heavy atom. The number of anilines is 1. The smallest absolute Gasteiger partial charge is 0.155 e. The third-order valence-electron chi connectivity index (χ3n) is 5.91.